The van der Waals surface area contributed by atoms with Gasteiger partial charge in [0.1, 0.15) is 11.5 Å². The van der Waals surface area contributed by atoms with E-state index in [2.05, 4.69) is 55.4 Å². The number of anilines is 1. The normalized spacial score (nSPS) is 24.5. The minimum absolute atomic E-state index is 0.299. The van der Waals surface area contributed by atoms with Gasteiger partial charge in [0, 0.05) is 70.3 Å². The number of aryl methyl sites for hydroxylation is 1. The standard InChI is InChI=1S/C24H31FN8/c1-14-10-32(11-15(2)29-14)20-8-7-18(21(26-4)22(20)27-5)23(28-6)31-17-9-19(25)24-30-16(3)12-33(24)13-17/h7-9,12-15,29H,10-11H2,1-6H3,(H,28,31). The van der Waals surface area contributed by atoms with Crippen LogP contribution in [0.25, 0.3) is 5.65 Å². The van der Waals surface area contributed by atoms with Crippen LogP contribution in [0.15, 0.2) is 56.9 Å². The molecule has 1 saturated heterocycles. The highest BCUT2D eigenvalue weighted by Gasteiger charge is 2.30. The molecule has 2 atom stereocenters. The molecule has 1 fully saturated rings. The Morgan fingerprint density at radius 2 is 1.79 bits per heavy atom. The molecule has 2 unspecified atom stereocenters. The molecular formula is C24H31FN8. The van der Waals surface area contributed by atoms with Crippen molar-refractivity contribution in [3.63, 3.8) is 0 Å². The molecule has 0 radical (unpaired) electrons. The third-order valence-corrected chi connectivity index (χ3v) is 5.84. The van der Waals surface area contributed by atoms with Crippen LogP contribution < -0.4 is 10.6 Å². The van der Waals surface area contributed by atoms with Gasteiger partial charge in [0.05, 0.1) is 22.8 Å². The Morgan fingerprint density at radius 3 is 2.42 bits per heavy atom. The number of amidine groups is 1. The van der Waals surface area contributed by atoms with Gasteiger partial charge < -0.3 is 19.9 Å². The van der Waals surface area contributed by atoms with Crippen LogP contribution in [0.2, 0.25) is 0 Å². The van der Waals surface area contributed by atoms with Crippen molar-refractivity contribution in [1.29, 1.82) is 0 Å². The lowest BCUT2D eigenvalue weighted by molar-refractivity contribution is 0.223. The molecule has 0 aromatic carbocycles. The number of hydrogen-bond donors (Lipinski definition) is 2. The van der Waals surface area contributed by atoms with Crippen molar-refractivity contribution in [2.24, 2.45) is 15.0 Å². The van der Waals surface area contributed by atoms with E-state index >= 15 is 0 Å². The molecule has 174 valence electrons. The molecule has 33 heavy (non-hydrogen) atoms. The van der Waals surface area contributed by atoms with Crippen molar-refractivity contribution in [2.75, 3.05) is 39.5 Å². The number of hydrogen-bond acceptors (Lipinski definition) is 6. The lowest BCUT2D eigenvalue weighted by atomic mass is 9.94. The molecule has 0 bridgehead atoms. The predicted molar refractivity (Wildman–Crippen MR) is 133 cm³/mol. The van der Waals surface area contributed by atoms with Crippen LogP contribution in [0.5, 0.6) is 0 Å². The van der Waals surface area contributed by atoms with Gasteiger partial charge in [-0.15, -0.1) is 0 Å². The molecule has 0 saturated carbocycles. The lowest BCUT2D eigenvalue weighted by Gasteiger charge is -2.40. The van der Waals surface area contributed by atoms with Crippen molar-refractivity contribution in [3.05, 3.63) is 53.4 Å². The zero-order valence-electron chi connectivity index (χ0n) is 20.0. The molecule has 8 nitrogen and oxygen atoms in total. The van der Waals surface area contributed by atoms with Crippen LogP contribution in [-0.4, -0.2) is 77.9 Å². The average Bonchev–Trinajstić information content (AvgIpc) is 3.16. The molecule has 9 heteroatoms. The number of fused-ring (bicyclic) bond motifs is 1. The maximum atomic E-state index is 14.6. The lowest BCUT2D eigenvalue weighted by Crippen LogP contribution is -2.55. The first-order valence-corrected chi connectivity index (χ1v) is 11.1. The number of rotatable bonds is 3. The van der Waals surface area contributed by atoms with Crippen LogP contribution in [0.4, 0.5) is 10.1 Å². The molecule has 3 heterocycles. The fourth-order valence-corrected chi connectivity index (χ4v) is 4.61. The molecule has 2 aromatic heterocycles. The van der Waals surface area contributed by atoms with Crippen molar-refractivity contribution >= 4 is 28.6 Å². The van der Waals surface area contributed by atoms with E-state index in [0.29, 0.717) is 29.3 Å². The van der Waals surface area contributed by atoms with E-state index in [0.717, 1.165) is 41.5 Å². The predicted octanol–water partition coefficient (Wildman–Crippen LogP) is 2.87. The van der Waals surface area contributed by atoms with Crippen LogP contribution >= 0.6 is 0 Å². The van der Waals surface area contributed by atoms with Crippen LogP contribution in [-0.2, 0) is 0 Å². The van der Waals surface area contributed by atoms with E-state index in [4.69, 9.17) is 0 Å². The van der Waals surface area contributed by atoms with Crippen molar-refractivity contribution in [3.8, 4) is 0 Å². The summed E-state index contributed by atoms with van der Waals surface area (Å²) in [6, 6.07) is 2.19. The number of piperazine rings is 1. The fraction of sp³-hybridized carbons (Fsp3) is 0.417. The zero-order valence-corrected chi connectivity index (χ0v) is 20.0. The second kappa shape index (κ2) is 9.27. The smallest absolute Gasteiger partial charge is 0.173 e. The van der Waals surface area contributed by atoms with Gasteiger partial charge in [0.25, 0.3) is 0 Å². The van der Waals surface area contributed by atoms with Crippen LogP contribution in [0.3, 0.4) is 0 Å². The summed E-state index contributed by atoms with van der Waals surface area (Å²) in [6.07, 6.45) is 7.68. The second-order valence-electron chi connectivity index (χ2n) is 8.54. The Kier molecular flexibility index (Phi) is 6.42. The Hall–Kier alpha value is -3.33. The highest BCUT2D eigenvalue weighted by Crippen LogP contribution is 2.23. The number of imidazole rings is 1. The van der Waals surface area contributed by atoms with E-state index in [1.165, 1.54) is 6.07 Å². The van der Waals surface area contributed by atoms with E-state index < -0.39 is 5.82 Å². The molecule has 4 rings (SSSR count). The summed E-state index contributed by atoms with van der Waals surface area (Å²) in [7, 11) is 5.25. The highest BCUT2D eigenvalue weighted by molar-refractivity contribution is 6.59. The monoisotopic (exact) mass is 450 g/mol. The van der Waals surface area contributed by atoms with E-state index in [1.54, 1.807) is 37.9 Å². The number of nitrogens with zero attached hydrogens (tertiary/aromatic N) is 6. The first-order valence-electron chi connectivity index (χ1n) is 11.1. The third-order valence-electron chi connectivity index (χ3n) is 5.84. The summed E-state index contributed by atoms with van der Waals surface area (Å²) in [6.45, 7) is 8.01. The number of nitrogens with one attached hydrogen (secondary N) is 2. The van der Waals surface area contributed by atoms with E-state index in [-0.39, 0.29) is 0 Å². The van der Waals surface area contributed by atoms with E-state index in [1.807, 2.05) is 13.0 Å². The molecule has 2 N–H and O–H groups in total. The quantitative estimate of drug-likeness (QED) is 0.428. The number of pyridine rings is 1. The van der Waals surface area contributed by atoms with Gasteiger partial charge in [-0.3, -0.25) is 15.0 Å². The van der Waals surface area contributed by atoms with Gasteiger partial charge >= 0.3 is 0 Å². The largest absolute Gasteiger partial charge is 0.367 e. The highest BCUT2D eigenvalue weighted by atomic mass is 19.1. The number of halogens is 1. The molecule has 1 aliphatic carbocycles. The average molecular weight is 451 g/mol. The minimum atomic E-state index is -0.398. The summed E-state index contributed by atoms with van der Waals surface area (Å²) in [5.74, 6) is 0.190. The summed E-state index contributed by atoms with van der Waals surface area (Å²) in [4.78, 5) is 20.2. The van der Waals surface area contributed by atoms with E-state index in [9.17, 15) is 4.39 Å². The first-order chi connectivity index (χ1) is 15.8. The van der Waals surface area contributed by atoms with Crippen molar-refractivity contribution < 1.29 is 4.39 Å². The summed E-state index contributed by atoms with van der Waals surface area (Å²) in [5, 5.41) is 6.83. The molecule has 2 aromatic rings. The minimum Gasteiger partial charge on any atom is -0.367 e. The van der Waals surface area contributed by atoms with Gasteiger partial charge in [-0.1, -0.05) is 0 Å². The second-order valence-corrected chi connectivity index (χ2v) is 8.54. The topological polar surface area (TPSA) is 81.7 Å². The Morgan fingerprint density at radius 1 is 1.09 bits per heavy atom. The molecular weight excluding hydrogens is 419 g/mol. The third kappa shape index (κ3) is 4.45. The van der Waals surface area contributed by atoms with Gasteiger partial charge in [0.2, 0.25) is 0 Å². The van der Waals surface area contributed by atoms with Crippen molar-refractivity contribution in [1.82, 2.24) is 19.6 Å². The number of allylic oxidation sites excluding steroid dienone is 3. The fourth-order valence-electron chi connectivity index (χ4n) is 4.61. The summed E-state index contributed by atoms with van der Waals surface area (Å²) >= 11 is 0. The van der Waals surface area contributed by atoms with Crippen molar-refractivity contribution in [2.45, 2.75) is 32.9 Å². The van der Waals surface area contributed by atoms with Gasteiger partial charge in [-0.2, -0.15) is 0 Å². The van der Waals surface area contributed by atoms with Gasteiger partial charge in [-0.05, 0) is 32.9 Å². The zero-order chi connectivity index (χ0) is 23.7. The summed E-state index contributed by atoms with van der Waals surface area (Å²) in [5.41, 5.74) is 5.07. The Labute approximate surface area is 193 Å². The van der Waals surface area contributed by atoms with Gasteiger partial charge in [-0.25, -0.2) is 9.37 Å². The number of aliphatic imine (C=N–C) groups is 3. The maximum absolute atomic E-state index is 14.6. The number of aromatic nitrogens is 2. The molecule has 2 aliphatic rings. The van der Waals surface area contributed by atoms with Gasteiger partial charge in [0.15, 0.2) is 11.5 Å². The Bertz CT molecular complexity index is 1210. The van der Waals surface area contributed by atoms with Crippen LogP contribution in [0, 0.1) is 12.7 Å². The summed E-state index contributed by atoms with van der Waals surface area (Å²) < 4.78 is 16.3. The SMILES string of the molecule is CN=C(Nc1cc(F)c2nc(C)cn2c1)C1=CC=C(N2CC(C)NC(C)C2)C(=NC)C1=NC. The molecule has 0 spiro atoms. The van der Waals surface area contributed by atoms with Crippen LogP contribution in [0.1, 0.15) is 19.5 Å². The first kappa shape index (κ1) is 22.8. The maximum Gasteiger partial charge on any atom is 0.173 e. The Balaban J connectivity index is 1.69. The molecule has 1 aliphatic heterocycles. The molecule has 0 amide bonds.